The lowest BCUT2D eigenvalue weighted by molar-refractivity contribution is -0.136. The highest BCUT2D eigenvalue weighted by Gasteiger charge is 2.38. The SMILES string of the molecule is CCCCCCN1C(=O)C(SCC)=C(c2ccc(C)cc2C)C1=O. The predicted octanol–water partition coefficient (Wildman–Crippen LogP) is 4.72. The van der Waals surface area contributed by atoms with Crippen molar-refractivity contribution in [1.29, 1.82) is 0 Å². The molecule has 0 saturated carbocycles. The van der Waals surface area contributed by atoms with Crippen LogP contribution in [0.2, 0.25) is 0 Å². The molecular weight excluding hydrogens is 318 g/mol. The van der Waals surface area contributed by atoms with E-state index in [1.807, 2.05) is 32.9 Å². The van der Waals surface area contributed by atoms with E-state index in [1.54, 1.807) is 0 Å². The average molecular weight is 346 g/mol. The zero-order valence-electron chi connectivity index (χ0n) is 15.1. The third kappa shape index (κ3) is 3.92. The Kier molecular flexibility index (Phi) is 6.67. The maximum absolute atomic E-state index is 12.9. The number of unbranched alkanes of at least 4 members (excludes halogenated alkanes) is 3. The lowest BCUT2D eigenvalue weighted by Crippen LogP contribution is -2.32. The van der Waals surface area contributed by atoms with E-state index in [0.29, 0.717) is 17.0 Å². The molecule has 24 heavy (non-hydrogen) atoms. The number of hydrogen-bond acceptors (Lipinski definition) is 3. The topological polar surface area (TPSA) is 37.4 Å². The fraction of sp³-hybridized carbons (Fsp3) is 0.500. The number of benzene rings is 1. The largest absolute Gasteiger partial charge is 0.274 e. The van der Waals surface area contributed by atoms with Gasteiger partial charge in [0, 0.05) is 6.54 Å². The van der Waals surface area contributed by atoms with Crippen molar-refractivity contribution in [2.24, 2.45) is 0 Å². The predicted molar refractivity (Wildman–Crippen MR) is 102 cm³/mol. The van der Waals surface area contributed by atoms with E-state index in [0.717, 1.165) is 48.1 Å². The first kappa shape index (κ1) is 18.8. The number of carbonyl (C=O) groups excluding carboxylic acids is 2. The molecule has 0 spiro atoms. The van der Waals surface area contributed by atoms with E-state index >= 15 is 0 Å². The third-order valence-electron chi connectivity index (χ3n) is 4.30. The summed E-state index contributed by atoms with van der Waals surface area (Å²) in [5.41, 5.74) is 3.70. The van der Waals surface area contributed by atoms with Crippen molar-refractivity contribution in [2.45, 2.75) is 53.4 Å². The highest BCUT2D eigenvalue weighted by Crippen LogP contribution is 2.37. The molecule has 0 aliphatic carbocycles. The zero-order valence-corrected chi connectivity index (χ0v) is 16.0. The summed E-state index contributed by atoms with van der Waals surface area (Å²) in [7, 11) is 0. The normalized spacial score (nSPS) is 14.9. The smallest absolute Gasteiger partial charge is 0.267 e. The van der Waals surface area contributed by atoms with Gasteiger partial charge in [0.15, 0.2) is 0 Å². The number of carbonyl (C=O) groups is 2. The first-order chi connectivity index (χ1) is 11.5. The molecular formula is C20H27NO2S. The molecule has 0 unspecified atom stereocenters. The van der Waals surface area contributed by atoms with Gasteiger partial charge in [0.25, 0.3) is 11.8 Å². The number of nitrogens with zero attached hydrogens (tertiary/aromatic N) is 1. The minimum Gasteiger partial charge on any atom is -0.274 e. The fourth-order valence-corrected chi connectivity index (χ4v) is 3.93. The summed E-state index contributed by atoms with van der Waals surface area (Å²) in [5.74, 6) is 0.546. The lowest BCUT2D eigenvalue weighted by atomic mass is 9.99. The summed E-state index contributed by atoms with van der Waals surface area (Å²) in [6.07, 6.45) is 4.23. The van der Waals surface area contributed by atoms with Crippen molar-refractivity contribution >= 4 is 29.1 Å². The van der Waals surface area contributed by atoms with Crippen LogP contribution in [0.15, 0.2) is 23.1 Å². The van der Waals surface area contributed by atoms with Crippen LogP contribution in [0.3, 0.4) is 0 Å². The van der Waals surface area contributed by atoms with Crippen LogP contribution in [0.25, 0.3) is 5.57 Å². The number of aryl methyl sites for hydroxylation is 2. The number of rotatable bonds is 8. The van der Waals surface area contributed by atoms with Crippen LogP contribution >= 0.6 is 11.8 Å². The number of thioether (sulfide) groups is 1. The number of amides is 2. The molecule has 3 nitrogen and oxygen atoms in total. The van der Waals surface area contributed by atoms with Crippen molar-refractivity contribution in [3.05, 3.63) is 39.8 Å². The molecule has 0 radical (unpaired) electrons. The minimum atomic E-state index is -0.126. The molecule has 0 N–H and O–H groups in total. The highest BCUT2D eigenvalue weighted by molar-refractivity contribution is 8.04. The van der Waals surface area contributed by atoms with Crippen LogP contribution in [0.4, 0.5) is 0 Å². The van der Waals surface area contributed by atoms with Crippen molar-refractivity contribution in [2.75, 3.05) is 12.3 Å². The molecule has 1 aromatic carbocycles. The van der Waals surface area contributed by atoms with Crippen molar-refractivity contribution in [3.63, 3.8) is 0 Å². The summed E-state index contributed by atoms with van der Waals surface area (Å²) in [6, 6.07) is 6.05. The Labute approximate surface area is 149 Å². The second-order valence-corrected chi connectivity index (χ2v) is 7.55. The van der Waals surface area contributed by atoms with E-state index in [4.69, 9.17) is 0 Å². The molecule has 1 aliphatic rings. The highest BCUT2D eigenvalue weighted by atomic mass is 32.2. The van der Waals surface area contributed by atoms with Gasteiger partial charge in [-0.2, -0.15) is 0 Å². The van der Waals surface area contributed by atoms with Gasteiger partial charge in [0.05, 0.1) is 10.5 Å². The first-order valence-corrected chi connectivity index (χ1v) is 9.80. The summed E-state index contributed by atoms with van der Waals surface area (Å²) >= 11 is 1.48. The quantitative estimate of drug-likeness (QED) is 0.505. The Hall–Kier alpha value is -1.55. The maximum Gasteiger partial charge on any atom is 0.267 e. The standard InChI is InChI=1S/C20H27NO2S/c1-5-7-8-9-12-21-19(22)17(18(20(21)23)24-6-2)16-11-10-14(3)13-15(16)4/h10-11,13H,5-9,12H2,1-4H3. The molecule has 2 rings (SSSR count). The van der Waals surface area contributed by atoms with E-state index in [9.17, 15) is 9.59 Å². The molecule has 0 fully saturated rings. The second kappa shape index (κ2) is 8.52. The van der Waals surface area contributed by atoms with Crippen molar-refractivity contribution in [1.82, 2.24) is 4.90 Å². The van der Waals surface area contributed by atoms with Gasteiger partial charge in [-0.1, -0.05) is 56.9 Å². The lowest BCUT2D eigenvalue weighted by Gasteiger charge is -2.15. The first-order valence-electron chi connectivity index (χ1n) is 8.82. The van der Waals surface area contributed by atoms with Crippen LogP contribution in [0.1, 0.15) is 56.2 Å². The van der Waals surface area contributed by atoms with E-state index in [-0.39, 0.29) is 11.8 Å². The molecule has 4 heteroatoms. The van der Waals surface area contributed by atoms with E-state index < -0.39 is 0 Å². The van der Waals surface area contributed by atoms with E-state index in [2.05, 4.69) is 13.0 Å². The van der Waals surface area contributed by atoms with Gasteiger partial charge < -0.3 is 0 Å². The third-order valence-corrected chi connectivity index (χ3v) is 5.26. The fourth-order valence-electron chi connectivity index (χ4n) is 3.06. The van der Waals surface area contributed by atoms with Gasteiger partial charge in [-0.3, -0.25) is 14.5 Å². The van der Waals surface area contributed by atoms with Crippen LogP contribution in [-0.2, 0) is 9.59 Å². The molecule has 1 aliphatic heterocycles. The maximum atomic E-state index is 12.9. The number of hydrogen-bond donors (Lipinski definition) is 0. The summed E-state index contributed by atoms with van der Waals surface area (Å²) in [4.78, 5) is 27.8. The van der Waals surface area contributed by atoms with Gasteiger partial charge in [0.2, 0.25) is 0 Å². The van der Waals surface area contributed by atoms with Crippen molar-refractivity contribution < 1.29 is 9.59 Å². The van der Waals surface area contributed by atoms with Crippen molar-refractivity contribution in [3.8, 4) is 0 Å². The Morgan fingerprint density at radius 1 is 1.00 bits per heavy atom. The van der Waals surface area contributed by atoms with E-state index in [1.165, 1.54) is 16.7 Å². The molecule has 0 atom stereocenters. The minimum absolute atomic E-state index is 0.113. The Balaban J connectivity index is 2.31. The van der Waals surface area contributed by atoms with Gasteiger partial charge in [-0.05, 0) is 37.1 Å². The monoisotopic (exact) mass is 345 g/mol. The molecule has 1 aromatic rings. The molecule has 1 heterocycles. The molecule has 0 saturated heterocycles. The van der Waals surface area contributed by atoms with Gasteiger partial charge in [0.1, 0.15) is 0 Å². The average Bonchev–Trinajstić information content (AvgIpc) is 2.76. The van der Waals surface area contributed by atoms with Crippen LogP contribution < -0.4 is 0 Å². The number of imide groups is 1. The Morgan fingerprint density at radius 2 is 1.75 bits per heavy atom. The van der Waals surface area contributed by atoms with Crippen LogP contribution in [0.5, 0.6) is 0 Å². The zero-order chi connectivity index (χ0) is 17.7. The molecule has 0 bridgehead atoms. The summed E-state index contributed by atoms with van der Waals surface area (Å²) in [6.45, 7) is 8.74. The van der Waals surface area contributed by atoms with Gasteiger partial charge in [-0.25, -0.2) is 0 Å². The van der Waals surface area contributed by atoms with Crippen LogP contribution in [-0.4, -0.2) is 29.0 Å². The molecule has 2 amide bonds. The Bertz CT molecular complexity index is 664. The van der Waals surface area contributed by atoms with Gasteiger partial charge in [-0.15, -0.1) is 11.8 Å². The molecule has 130 valence electrons. The molecule has 0 aromatic heterocycles. The second-order valence-electron chi connectivity index (χ2n) is 6.28. The summed E-state index contributed by atoms with van der Waals surface area (Å²) in [5, 5.41) is 0. The van der Waals surface area contributed by atoms with Crippen LogP contribution in [0, 0.1) is 13.8 Å². The summed E-state index contributed by atoms with van der Waals surface area (Å²) < 4.78 is 0. The van der Waals surface area contributed by atoms with Gasteiger partial charge >= 0.3 is 0 Å². The Morgan fingerprint density at radius 3 is 2.38 bits per heavy atom.